The summed E-state index contributed by atoms with van der Waals surface area (Å²) in [5, 5.41) is 2.64. The van der Waals surface area contributed by atoms with E-state index in [1.54, 1.807) is 19.1 Å². The molecule has 0 aromatic heterocycles. The Balaban J connectivity index is 1.93. The summed E-state index contributed by atoms with van der Waals surface area (Å²) in [7, 11) is 0. The van der Waals surface area contributed by atoms with E-state index in [4.69, 9.17) is 4.74 Å². The van der Waals surface area contributed by atoms with Gasteiger partial charge in [0, 0.05) is 12.6 Å². The zero-order valence-corrected chi connectivity index (χ0v) is 15.4. The molecule has 2 aromatic carbocycles. The molecule has 0 radical (unpaired) electrons. The Kier molecular flexibility index (Phi) is 8.32. The van der Waals surface area contributed by atoms with Crippen LogP contribution in [0, 0.1) is 0 Å². The lowest BCUT2D eigenvalue weighted by Gasteiger charge is -2.11. The van der Waals surface area contributed by atoms with Crippen LogP contribution in [0.5, 0.6) is 17.2 Å². The Morgan fingerprint density at radius 3 is 2.31 bits per heavy atom. The predicted octanol–water partition coefficient (Wildman–Crippen LogP) is 4.62. The van der Waals surface area contributed by atoms with Crippen molar-refractivity contribution in [1.29, 1.82) is 0 Å². The highest BCUT2D eigenvalue weighted by atomic mass is 19.3. The first-order chi connectivity index (χ1) is 13.9. The molecule has 5 nitrogen and oxygen atoms in total. The monoisotopic (exact) mass is 413 g/mol. The van der Waals surface area contributed by atoms with E-state index in [2.05, 4.69) is 14.8 Å². The van der Waals surface area contributed by atoms with Crippen LogP contribution in [0.2, 0.25) is 0 Å². The predicted molar refractivity (Wildman–Crippen MR) is 98.2 cm³/mol. The van der Waals surface area contributed by atoms with Crippen molar-refractivity contribution in [3.63, 3.8) is 0 Å². The van der Waals surface area contributed by atoms with Crippen LogP contribution in [0.25, 0.3) is 6.08 Å². The van der Waals surface area contributed by atoms with Crippen molar-refractivity contribution < 1.29 is 36.6 Å². The highest BCUT2D eigenvalue weighted by Crippen LogP contribution is 2.30. The Hall–Kier alpha value is -3.23. The SMILES string of the molecule is CCOc1cc(/C=C/C(=O)NCc2ccc(OC(F)F)cc2)ccc1OC(F)F. The van der Waals surface area contributed by atoms with Crippen molar-refractivity contribution >= 4 is 12.0 Å². The summed E-state index contributed by atoms with van der Waals surface area (Å²) in [6.45, 7) is -3.73. The Bertz CT molecular complexity index is 826. The van der Waals surface area contributed by atoms with Crippen LogP contribution in [-0.4, -0.2) is 25.7 Å². The molecule has 0 saturated heterocycles. The van der Waals surface area contributed by atoms with Gasteiger partial charge in [-0.1, -0.05) is 18.2 Å². The molecule has 0 bridgehead atoms. The van der Waals surface area contributed by atoms with Crippen LogP contribution >= 0.6 is 0 Å². The van der Waals surface area contributed by atoms with Gasteiger partial charge in [-0.2, -0.15) is 17.6 Å². The van der Waals surface area contributed by atoms with Crippen LogP contribution in [0.15, 0.2) is 48.5 Å². The minimum absolute atomic E-state index is 0.0272. The second kappa shape index (κ2) is 10.9. The molecule has 0 aliphatic carbocycles. The Morgan fingerprint density at radius 2 is 1.69 bits per heavy atom. The van der Waals surface area contributed by atoms with Gasteiger partial charge in [0.1, 0.15) is 5.75 Å². The van der Waals surface area contributed by atoms with Gasteiger partial charge < -0.3 is 19.5 Å². The van der Waals surface area contributed by atoms with E-state index in [9.17, 15) is 22.4 Å². The Morgan fingerprint density at radius 1 is 1.00 bits per heavy atom. The van der Waals surface area contributed by atoms with Crippen LogP contribution < -0.4 is 19.5 Å². The van der Waals surface area contributed by atoms with E-state index in [1.165, 1.54) is 42.5 Å². The van der Waals surface area contributed by atoms with Crippen LogP contribution in [-0.2, 0) is 11.3 Å². The van der Waals surface area contributed by atoms with E-state index < -0.39 is 19.1 Å². The molecule has 9 heteroatoms. The van der Waals surface area contributed by atoms with Crippen LogP contribution in [0.3, 0.4) is 0 Å². The third-order valence-corrected chi connectivity index (χ3v) is 3.53. The summed E-state index contributed by atoms with van der Waals surface area (Å²) in [5.74, 6) is -0.327. The minimum Gasteiger partial charge on any atom is -0.490 e. The van der Waals surface area contributed by atoms with Gasteiger partial charge in [0.15, 0.2) is 11.5 Å². The molecule has 2 aromatic rings. The quantitative estimate of drug-likeness (QED) is 0.456. The van der Waals surface area contributed by atoms with Crippen molar-refractivity contribution in [1.82, 2.24) is 5.32 Å². The molecule has 1 amide bonds. The highest BCUT2D eigenvalue weighted by Gasteiger charge is 2.11. The van der Waals surface area contributed by atoms with Crippen molar-refractivity contribution in [3.8, 4) is 17.2 Å². The largest absolute Gasteiger partial charge is 0.490 e. The average molecular weight is 413 g/mol. The number of nitrogens with one attached hydrogen (secondary N) is 1. The first kappa shape index (κ1) is 22.1. The fourth-order valence-corrected chi connectivity index (χ4v) is 2.30. The summed E-state index contributed by atoms with van der Waals surface area (Å²) < 4.78 is 63.0. The maximum Gasteiger partial charge on any atom is 0.387 e. The molecule has 1 N–H and O–H groups in total. The molecule has 0 heterocycles. The number of rotatable bonds is 10. The number of benzene rings is 2. The maximum atomic E-state index is 12.4. The molecule has 0 unspecified atom stereocenters. The number of carbonyl (C=O) groups excluding carboxylic acids is 1. The summed E-state index contributed by atoms with van der Waals surface area (Å²) in [6.07, 6.45) is 2.76. The molecule has 156 valence electrons. The van der Waals surface area contributed by atoms with Crippen molar-refractivity contribution in [2.75, 3.05) is 6.61 Å². The van der Waals surface area contributed by atoms with Gasteiger partial charge in [0.05, 0.1) is 6.61 Å². The topological polar surface area (TPSA) is 56.8 Å². The Labute approximate surface area is 164 Å². The van der Waals surface area contributed by atoms with E-state index in [0.717, 1.165) is 0 Å². The number of ether oxygens (including phenoxy) is 3. The van der Waals surface area contributed by atoms with Crippen molar-refractivity contribution in [2.24, 2.45) is 0 Å². The number of hydrogen-bond acceptors (Lipinski definition) is 4. The fraction of sp³-hybridized carbons (Fsp3) is 0.250. The smallest absolute Gasteiger partial charge is 0.387 e. The lowest BCUT2D eigenvalue weighted by Crippen LogP contribution is -2.20. The molecule has 0 aliphatic heterocycles. The molecule has 0 spiro atoms. The molecular formula is C20H19F4NO4. The number of carbonyl (C=O) groups is 1. The van der Waals surface area contributed by atoms with E-state index in [-0.39, 0.29) is 30.4 Å². The summed E-state index contributed by atoms with van der Waals surface area (Å²) in [4.78, 5) is 11.9. The van der Waals surface area contributed by atoms with Gasteiger partial charge in [-0.25, -0.2) is 0 Å². The highest BCUT2D eigenvalue weighted by molar-refractivity contribution is 5.91. The van der Waals surface area contributed by atoms with Gasteiger partial charge in [-0.05, 0) is 48.4 Å². The van der Waals surface area contributed by atoms with Gasteiger partial charge in [-0.3, -0.25) is 4.79 Å². The zero-order chi connectivity index (χ0) is 21.2. The minimum atomic E-state index is -2.97. The van der Waals surface area contributed by atoms with Gasteiger partial charge >= 0.3 is 13.2 Å². The second-order valence-electron chi connectivity index (χ2n) is 5.59. The molecule has 29 heavy (non-hydrogen) atoms. The van der Waals surface area contributed by atoms with Gasteiger partial charge in [-0.15, -0.1) is 0 Å². The van der Waals surface area contributed by atoms with Crippen LogP contribution in [0.1, 0.15) is 18.1 Å². The third kappa shape index (κ3) is 7.73. The molecule has 0 fully saturated rings. The van der Waals surface area contributed by atoms with Crippen LogP contribution in [0.4, 0.5) is 17.6 Å². The normalized spacial score (nSPS) is 11.1. The molecule has 2 rings (SSSR count). The van der Waals surface area contributed by atoms with Gasteiger partial charge in [0.25, 0.3) is 0 Å². The number of amides is 1. The molecule has 0 atom stereocenters. The second-order valence-corrected chi connectivity index (χ2v) is 5.59. The lowest BCUT2D eigenvalue weighted by atomic mass is 10.2. The first-order valence-corrected chi connectivity index (χ1v) is 8.58. The standard InChI is InChI=1S/C20H19F4NO4/c1-2-27-17-11-13(5-9-16(17)29-20(23)24)6-10-18(26)25-12-14-3-7-15(8-4-14)28-19(21)22/h3-11,19-20H,2,12H2,1H3,(H,25,26)/b10-6+. The number of alkyl halides is 4. The van der Waals surface area contributed by atoms with E-state index in [1.807, 2.05) is 0 Å². The summed E-state index contributed by atoms with van der Waals surface area (Å²) >= 11 is 0. The molecule has 0 aliphatic rings. The van der Waals surface area contributed by atoms with E-state index in [0.29, 0.717) is 11.1 Å². The average Bonchev–Trinajstić information content (AvgIpc) is 2.67. The number of halogens is 4. The summed E-state index contributed by atoms with van der Waals surface area (Å²) in [5.41, 5.74) is 1.25. The maximum absolute atomic E-state index is 12.4. The lowest BCUT2D eigenvalue weighted by molar-refractivity contribution is -0.116. The van der Waals surface area contributed by atoms with Crippen molar-refractivity contribution in [3.05, 3.63) is 59.7 Å². The molecular weight excluding hydrogens is 394 g/mol. The van der Waals surface area contributed by atoms with Gasteiger partial charge in [0.2, 0.25) is 5.91 Å². The van der Waals surface area contributed by atoms with E-state index >= 15 is 0 Å². The zero-order valence-electron chi connectivity index (χ0n) is 15.4. The summed E-state index contributed by atoms with van der Waals surface area (Å²) in [6, 6.07) is 10.2. The number of hydrogen-bond donors (Lipinski definition) is 1. The molecule has 0 saturated carbocycles. The van der Waals surface area contributed by atoms with Crippen molar-refractivity contribution in [2.45, 2.75) is 26.7 Å². The third-order valence-electron chi connectivity index (χ3n) is 3.53. The first-order valence-electron chi connectivity index (χ1n) is 8.58. The fourth-order valence-electron chi connectivity index (χ4n) is 2.30.